The summed E-state index contributed by atoms with van der Waals surface area (Å²) in [6.45, 7) is 2.32. The topological polar surface area (TPSA) is 106 Å². The standard InChI is InChI=1S/C21H19N5O3S2/c1-13(27)22-10-14-6-7-19(31-14)16-12-30-21(24-16)25-20(29)8-9-26-17-5-3-2-4-15(17)18(28)11-23-26/h2-7,11-12H,8-10H2,1H3,(H,22,27)(H,24,25,29). The summed E-state index contributed by atoms with van der Waals surface area (Å²) < 4.78 is 1.66. The fourth-order valence-electron chi connectivity index (χ4n) is 2.99. The molecule has 0 aliphatic heterocycles. The van der Waals surface area contributed by atoms with Gasteiger partial charge < -0.3 is 10.6 Å². The number of anilines is 1. The van der Waals surface area contributed by atoms with Crippen molar-refractivity contribution in [2.45, 2.75) is 26.4 Å². The largest absolute Gasteiger partial charge is 0.351 e. The maximum atomic E-state index is 12.4. The lowest BCUT2D eigenvalue weighted by Gasteiger charge is -2.08. The van der Waals surface area contributed by atoms with E-state index in [9.17, 15) is 14.4 Å². The molecule has 3 aromatic heterocycles. The molecular weight excluding hydrogens is 434 g/mol. The summed E-state index contributed by atoms with van der Waals surface area (Å²) in [5.74, 6) is -0.248. The van der Waals surface area contributed by atoms with Gasteiger partial charge in [-0.15, -0.1) is 22.7 Å². The van der Waals surface area contributed by atoms with Crippen molar-refractivity contribution in [3.05, 3.63) is 63.1 Å². The highest BCUT2D eigenvalue weighted by Gasteiger charge is 2.11. The maximum absolute atomic E-state index is 12.4. The highest BCUT2D eigenvalue weighted by molar-refractivity contribution is 7.17. The van der Waals surface area contributed by atoms with Crippen molar-refractivity contribution in [2.24, 2.45) is 0 Å². The minimum absolute atomic E-state index is 0.0704. The Kier molecular flexibility index (Phi) is 6.19. The molecule has 2 amide bonds. The number of aryl methyl sites for hydroxylation is 1. The molecule has 0 unspecified atom stereocenters. The molecule has 3 heterocycles. The van der Waals surface area contributed by atoms with Crippen molar-refractivity contribution in [1.29, 1.82) is 0 Å². The first-order valence-corrected chi connectivity index (χ1v) is 11.2. The second-order valence-corrected chi connectivity index (χ2v) is 8.79. The van der Waals surface area contributed by atoms with Gasteiger partial charge in [0.05, 0.1) is 35.4 Å². The first kappa shape index (κ1) is 20.9. The van der Waals surface area contributed by atoms with Crippen molar-refractivity contribution in [2.75, 3.05) is 5.32 Å². The zero-order chi connectivity index (χ0) is 21.8. The lowest BCUT2D eigenvalue weighted by atomic mass is 10.2. The minimum atomic E-state index is -0.178. The number of carbonyl (C=O) groups excluding carboxylic acids is 2. The fraction of sp³-hybridized carbons (Fsp3) is 0.190. The molecule has 0 aliphatic carbocycles. The SMILES string of the molecule is CC(=O)NCc1ccc(-c2csc(NC(=O)CCn3ncc(=O)c4ccccc43)n2)s1. The smallest absolute Gasteiger partial charge is 0.228 e. The number of fused-ring (bicyclic) bond motifs is 1. The first-order chi connectivity index (χ1) is 15.0. The Morgan fingerprint density at radius 2 is 2.00 bits per heavy atom. The molecule has 0 saturated carbocycles. The van der Waals surface area contributed by atoms with Crippen molar-refractivity contribution < 1.29 is 9.59 Å². The number of amides is 2. The van der Waals surface area contributed by atoms with E-state index in [-0.39, 0.29) is 23.7 Å². The predicted octanol–water partition coefficient (Wildman–Crippen LogP) is 3.25. The van der Waals surface area contributed by atoms with E-state index in [0.29, 0.717) is 29.1 Å². The van der Waals surface area contributed by atoms with Gasteiger partial charge in [-0.2, -0.15) is 5.10 Å². The van der Waals surface area contributed by atoms with Gasteiger partial charge in [0.2, 0.25) is 17.2 Å². The average molecular weight is 454 g/mol. The van der Waals surface area contributed by atoms with Crippen LogP contribution in [0.4, 0.5) is 5.13 Å². The van der Waals surface area contributed by atoms with Gasteiger partial charge in [0.1, 0.15) is 0 Å². The van der Waals surface area contributed by atoms with Crippen molar-refractivity contribution in [3.63, 3.8) is 0 Å². The van der Waals surface area contributed by atoms with Crippen LogP contribution in [-0.4, -0.2) is 26.6 Å². The van der Waals surface area contributed by atoms with Crippen molar-refractivity contribution >= 4 is 50.5 Å². The number of nitrogens with zero attached hydrogens (tertiary/aromatic N) is 3. The molecular formula is C21H19N5O3S2. The summed E-state index contributed by atoms with van der Waals surface area (Å²) in [5, 5.41) is 12.7. The molecule has 0 bridgehead atoms. The summed E-state index contributed by atoms with van der Waals surface area (Å²) in [6.07, 6.45) is 1.48. The van der Waals surface area contributed by atoms with Gasteiger partial charge in [0, 0.05) is 29.0 Å². The maximum Gasteiger partial charge on any atom is 0.228 e. The quantitative estimate of drug-likeness (QED) is 0.447. The van der Waals surface area contributed by atoms with E-state index in [4.69, 9.17) is 0 Å². The Balaban J connectivity index is 1.37. The number of thiophene rings is 1. The van der Waals surface area contributed by atoms with Crippen LogP contribution in [0.5, 0.6) is 0 Å². The summed E-state index contributed by atoms with van der Waals surface area (Å²) in [5.41, 5.74) is 1.35. The van der Waals surface area contributed by atoms with Crippen LogP contribution in [0.15, 0.2) is 52.8 Å². The van der Waals surface area contributed by atoms with E-state index >= 15 is 0 Å². The number of thiazole rings is 1. The number of hydrogen-bond acceptors (Lipinski definition) is 7. The Bertz CT molecular complexity index is 1310. The normalized spacial score (nSPS) is 10.9. The number of para-hydroxylation sites is 1. The fourth-order valence-corrected chi connectivity index (χ4v) is 4.70. The molecule has 2 N–H and O–H groups in total. The molecule has 0 spiro atoms. The minimum Gasteiger partial charge on any atom is -0.351 e. The van der Waals surface area contributed by atoms with E-state index in [0.717, 1.165) is 15.4 Å². The van der Waals surface area contributed by atoms with Gasteiger partial charge in [-0.3, -0.25) is 19.1 Å². The van der Waals surface area contributed by atoms with Crippen LogP contribution in [0.25, 0.3) is 21.5 Å². The van der Waals surface area contributed by atoms with Crippen molar-refractivity contribution in [3.8, 4) is 10.6 Å². The second-order valence-electron chi connectivity index (χ2n) is 6.76. The van der Waals surface area contributed by atoms with E-state index in [1.54, 1.807) is 28.2 Å². The van der Waals surface area contributed by atoms with Crippen molar-refractivity contribution in [1.82, 2.24) is 20.1 Å². The van der Waals surface area contributed by atoms with Crippen LogP contribution in [-0.2, 0) is 22.7 Å². The van der Waals surface area contributed by atoms with Crippen LogP contribution in [0, 0.1) is 0 Å². The van der Waals surface area contributed by atoms with Gasteiger partial charge in [-0.1, -0.05) is 12.1 Å². The number of carbonyl (C=O) groups is 2. The predicted molar refractivity (Wildman–Crippen MR) is 122 cm³/mol. The lowest BCUT2D eigenvalue weighted by molar-refractivity contribution is -0.119. The Hall–Kier alpha value is -3.37. The summed E-state index contributed by atoms with van der Waals surface area (Å²) >= 11 is 2.91. The Morgan fingerprint density at radius 3 is 2.84 bits per heavy atom. The Morgan fingerprint density at radius 1 is 1.16 bits per heavy atom. The molecule has 10 heteroatoms. The van der Waals surface area contributed by atoms with E-state index in [2.05, 4.69) is 20.7 Å². The Labute approximate surface area is 185 Å². The highest BCUT2D eigenvalue weighted by atomic mass is 32.1. The van der Waals surface area contributed by atoms with Gasteiger partial charge in [0.15, 0.2) is 5.13 Å². The van der Waals surface area contributed by atoms with Crippen LogP contribution < -0.4 is 16.1 Å². The molecule has 0 saturated heterocycles. The van der Waals surface area contributed by atoms with E-state index < -0.39 is 0 Å². The van der Waals surface area contributed by atoms with Crippen LogP contribution in [0.2, 0.25) is 0 Å². The van der Waals surface area contributed by atoms with Gasteiger partial charge in [0.25, 0.3) is 0 Å². The summed E-state index contributed by atoms with van der Waals surface area (Å²) in [4.78, 5) is 41.9. The lowest BCUT2D eigenvalue weighted by Crippen LogP contribution is -2.18. The molecule has 0 aliphatic rings. The van der Waals surface area contributed by atoms with Gasteiger partial charge in [-0.25, -0.2) is 4.98 Å². The molecule has 0 fully saturated rings. The third-order valence-corrected chi connectivity index (χ3v) is 6.35. The number of benzene rings is 1. The van der Waals surface area contributed by atoms with E-state index in [1.807, 2.05) is 29.6 Å². The molecule has 31 heavy (non-hydrogen) atoms. The van der Waals surface area contributed by atoms with Crippen LogP contribution in [0.1, 0.15) is 18.2 Å². The van der Waals surface area contributed by atoms with Crippen LogP contribution >= 0.6 is 22.7 Å². The number of rotatable bonds is 7. The molecule has 4 aromatic rings. The molecule has 158 valence electrons. The molecule has 0 radical (unpaired) electrons. The number of hydrogen-bond donors (Lipinski definition) is 2. The first-order valence-electron chi connectivity index (χ1n) is 9.53. The highest BCUT2D eigenvalue weighted by Crippen LogP contribution is 2.30. The molecule has 4 rings (SSSR count). The number of nitrogens with one attached hydrogen (secondary N) is 2. The molecule has 0 atom stereocenters. The molecule has 8 nitrogen and oxygen atoms in total. The second kappa shape index (κ2) is 9.19. The third kappa shape index (κ3) is 5.04. The number of aromatic nitrogens is 3. The van der Waals surface area contributed by atoms with Gasteiger partial charge >= 0.3 is 0 Å². The zero-order valence-corrected chi connectivity index (χ0v) is 18.3. The zero-order valence-electron chi connectivity index (χ0n) is 16.6. The molecule has 1 aromatic carbocycles. The third-order valence-electron chi connectivity index (χ3n) is 4.49. The monoisotopic (exact) mass is 453 g/mol. The average Bonchev–Trinajstić information content (AvgIpc) is 3.41. The van der Waals surface area contributed by atoms with E-state index in [1.165, 1.54) is 24.5 Å². The van der Waals surface area contributed by atoms with Gasteiger partial charge in [-0.05, 0) is 24.3 Å². The summed E-state index contributed by atoms with van der Waals surface area (Å²) in [7, 11) is 0. The summed E-state index contributed by atoms with van der Waals surface area (Å²) in [6, 6.07) is 11.1. The van der Waals surface area contributed by atoms with Crippen LogP contribution in [0.3, 0.4) is 0 Å².